The van der Waals surface area contributed by atoms with Crippen LogP contribution in [0.3, 0.4) is 0 Å². The Hall–Kier alpha value is -2.87. The number of rotatable bonds is 3. The average molecular weight is 469 g/mol. The van der Waals surface area contributed by atoms with E-state index in [1.807, 2.05) is 30.3 Å². The van der Waals surface area contributed by atoms with Crippen LogP contribution in [-0.4, -0.2) is 20.6 Å². The van der Waals surface area contributed by atoms with Crippen LogP contribution in [0.2, 0.25) is 10.0 Å². The number of benzene rings is 3. The second-order valence-corrected chi connectivity index (χ2v) is 9.12. The van der Waals surface area contributed by atoms with Crippen LogP contribution in [0.4, 0.5) is 11.4 Å². The van der Waals surface area contributed by atoms with Crippen molar-refractivity contribution in [2.45, 2.75) is 16.6 Å². The standard InChI is InChI=1S/C22H14Cl2N4O2S/c23-14-9-17-18(10-15(14)24)27-22(26-17)19-11-21(12-4-3-5-13(8-12)28(29)30)31-20-7-2-1-6-16(20)25-19/h1-10,21H,11H2,(H,26,27)/t21-/m1/s1. The Morgan fingerprint density at radius 2 is 1.87 bits per heavy atom. The van der Waals surface area contributed by atoms with Crippen LogP contribution in [0.1, 0.15) is 23.1 Å². The number of aliphatic imine (C=N–C) groups is 1. The fourth-order valence-corrected chi connectivity index (χ4v) is 5.07. The normalized spacial score (nSPS) is 15.9. The van der Waals surface area contributed by atoms with E-state index < -0.39 is 0 Å². The molecule has 0 saturated heterocycles. The number of thioether (sulfide) groups is 1. The Balaban J connectivity index is 1.62. The van der Waals surface area contributed by atoms with Crippen LogP contribution in [0.15, 0.2) is 70.6 Å². The van der Waals surface area contributed by atoms with E-state index in [-0.39, 0.29) is 15.9 Å². The summed E-state index contributed by atoms with van der Waals surface area (Å²) in [5, 5.41) is 12.1. The van der Waals surface area contributed by atoms with Gasteiger partial charge in [-0.2, -0.15) is 0 Å². The van der Waals surface area contributed by atoms with Gasteiger partial charge in [0.15, 0.2) is 5.82 Å². The number of para-hydroxylation sites is 1. The fourth-order valence-electron chi connectivity index (χ4n) is 3.53. The Labute approximate surface area is 191 Å². The first-order valence-corrected chi connectivity index (χ1v) is 11.0. The molecule has 0 radical (unpaired) electrons. The van der Waals surface area contributed by atoms with Gasteiger partial charge in [0.05, 0.1) is 37.4 Å². The highest BCUT2D eigenvalue weighted by molar-refractivity contribution is 7.99. The van der Waals surface area contributed by atoms with Crippen molar-refractivity contribution in [2.24, 2.45) is 4.99 Å². The number of nitro groups is 1. The number of hydrogen-bond acceptors (Lipinski definition) is 5. The molecular weight excluding hydrogens is 455 g/mol. The smallest absolute Gasteiger partial charge is 0.269 e. The van der Waals surface area contributed by atoms with Gasteiger partial charge in [-0.3, -0.25) is 10.1 Å². The average Bonchev–Trinajstić information content (AvgIpc) is 3.05. The van der Waals surface area contributed by atoms with Crippen LogP contribution in [0, 0.1) is 10.1 Å². The lowest BCUT2D eigenvalue weighted by Gasteiger charge is -2.15. The summed E-state index contributed by atoms with van der Waals surface area (Å²) in [6.45, 7) is 0. The van der Waals surface area contributed by atoms with Crippen molar-refractivity contribution in [1.82, 2.24) is 9.97 Å². The van der Waals surface area contributed by atoms with Crippen molar-refractivity contribution in [1.29, 1.82) is 0 Å². The zero-order chi connectivity index (χ0) is 21.5. The van der Waals surface area contributed by atoms with Gasteiger partial charge in [0.1, 0.15) is 0 Å². The first kappa shape index (κ1) is 20.1. The van der Waals surface area contributed by atoms with Gasteiger partial charge in [0.2, 0.25) is 0 Å². The van der Waals surface area contributed by atoms with Crippen molar-refractivity contribution in [3.05, 3.63) is 92.2 Å². The van der Waals surface area contributed by atoms with Crippen molar-refractivity contribution >= 4 is 63.1 Å². The Bertz CT molecular complexity index is 1330. The molecule has 0 bridgehead atoms. The molecule has 0 aliphatic carbocycles. The van der Waals surface area contributed by atoms with Crippen molar-refractivity contribution in [3.63, 3.8) is 0 Å². The molecule has 4 aromatic rings. The van der Waals surface area contributed by atoms with E-state index in [0.29, 0.717) is 27.8 Å². The van der Waals surface area contributed by atoms with Gasteiger partial charge in [0, 0.05) is 28.7 Å². The van der Waals surface area contributed by atoms with Gasteiger partial charge in [-0.1, -0.05) is 47.5 Å². The number of hydrogen-bond donors (Lipinski definition) is 1. The second kappa shape index (κ2) is 8.00. The number of imidazole rings is 1. The molecule has 0 fully saturated rings. The molecule has 0 saturated carbocycles. The maximum Gasteiger partial charge on any atom is 0.269 e. The van der Waals surface area contributed by atoms with Gasteiger partial charge in [-0.15, -0.1) is 11.8 Å². The van der Waals surface area contributed by atoms with Crippen LogP contribution >= 0.6 is 35.0 Å². The molecule has 31 heavy (non-hydrogen) atoms. The third-order valence-corrected chi connectivity index (χ3v) is 7.06. The first-order valence-electron chi connectivity index (χ1n) is 9.40. The molecule has 3 aromatic carbocycles. The molecule has 0 spiro atoms. The molecule has 154 valence electrons. The summed E-state index contributed by atoms with van der Waals surface area (Å²) in [6.07, 6.45) is 0.543. The lowest BCUT2D eigenvalue weighted by molar-refractivity contribution is -0.384. The van der Waals surface area contributed by atoms with Crippen molar-refractivity contribution < 1.29 is 4.92 Å². The Morgan fingerprint density at radius 3 is 2.71 bits per heavy atom. The molecule has 0 amide bonds. The summed E-state index contributed by atoms with van der Waals surface area (Å²) in [7, 11) is 0. The molecular formula is C22H14Cl2N4O2S. The number of halogens is 2. The lowest BCUT2D eigenvalue weighted by atomic mass is 10.1. The van der Waals surface area contributed by atoms with E-state index in [1.165, 1.54) is 6.07 Å². The van der Waals surface area contributed by atoms with Gasteiger partial charge < -0.3 is 4.98 Å². The van der Waals surface area contributed by atoms with E-state index in [1.54, 1.807) is 36.0 Å². The lowest BCUT2D eigenvalue weighted by Crippen LogP contribution is -2.07. The van der Waals surface area contributed by atoms with Gasteiger partial charge in [0.25, 0.3) is 5.69 Å². The van der Waals surface area contributed by atoms with Crippen LogP contribution < -0.4 is 0 Å². The van der Waals surface area contributed by atoms with Crippen LogP contribution in [0.25, 0.3) is 11.0 Å². The van der Waals surface area contributed by atoms with Crippen LogP contribution in [0.5, 0.6) is 0 Å². The molecule has 1 aliphatic heterocycles. The minimum absolute atomic E-state index is 0.0670. The number of fused-ring (bicyclic) bond motifs is 2. The summed E-state index contributed by atoms with van der Waals surface area (Å²) in [4.78, 5) is 24.8. The fraction of sp³-hybridized carbons (Fsp3) is 0.0909. The molecule has 1 atom stereocenters. The van der Waals surface area contributed by atoms with E-state index in [4.69, 9.17) is 28.2 Å². The Morgan fingerprint density at radius 1 is 1.06 bits per heavy atom. The summed E-state index contributed by atoms with van der Waals surface area (Å²) in [6, 6.07) is 18.1. The summed E-state index contributed by atoms with van der Waals surface area (Å²) < 4.78 is 0. The zero-order valence-corrected chi connectivity index (χ0v) is 18.2. The topological polar surface area (TPSA) is 84.2 Å². The monoisotopic (exact) mass is 468 g/mol. The Kier molecular flexibility index (Phi) is 5.17. The summed E-state index contributed by atoms with van der Waals surface area (Å²) in [5.41, 5.74) is 4.01. The number of nitrogens with one attached hydrogen (secondary N) is 1. The maximum atomic E-state index is 11.3. The number of nitrogens with zero attached hydrogens (tertiary/aromatic N) is 3. The largest absolute Gasteiger partial charge is 0.337 e. The highest BCUT2D eigenvalue weighted by atomic mass is 35.5. The number of aromatic nitrogens is 2. The predicted molar refractivity (Wildman–Crippen MR) is 125 cm³/mol. The molecule has 5 rings (SSSR count). The molecule has 1 aromatic heterocycles. The number of non-ortho nitro benzene ring substituents is 1. The maximum absolute atomic E-state index is 11.3. The highest BCUT2D eigenvalue weighted by Crippen LogP contribution is 2.45. The molecule has 6 nitrogen and oxygen atoms in total. The van der Waals surface area contributed by atoms with Gasteiger partial charge in [-0.05, 0) is 29.8 Å². The highest BCUT2D eigenvalue weighted by Gasteiger charge is 2.25. The predicted octanol–water partition coefficient (Wildman–Crippen LogP) is 7.14. The number of H-pyrrole nitrogens is 1. The molecule has 1 aliphatic rings. The minimum atomic E-state index is -0.374. The molecule has 2 heterocycles. The van der Waals surface area contributed by atoms with E-state index in [0.717, 1.165) is 27.4 Å². The van der Waals surface area contributed by atoms with Crippen molar-refractivity contribution in [3.8, 4) is 0 Å². The number of nitro benzene ring substituents is 1. The first-order chi connectivity index (χ1) is 15.0. The number of aromatic amines is 1. The molecule has 0 unspecified atom stereocenters. The van der Waals surface area contributed by atoms with Gasteiger partial charge in [-0.25, -0.2) is 9.98 Å². The quantitative estimate of drug-likeness (QED) is 0.255. The minimum Gasteiger partial charge on any atom is -0.337 e. The second-order valence-electron chi connectivity index (χ2n) is 7.06. The zero-order valence-electron chi connectivity index (χ0n) is 15.9. The van der Waals surface area contributed by atoms with E-state index >= 15 is 0 Å². The molecule has 1 N–H and O–H groups in total. The van der Waals surface area contributed by atoms with Crippen molar-refractivity contribution in [2.75, 3.05) is 0 Å². The van der Waals surface area contributed by atoms with Gasteiger partial charge >= 0.3 is 0 Å². The third kappa shape index (κ3) is 3.92. The molecule has 9 heteroatoms. The SMILES string of the molecule is O=[N+]([O-])c1cccc([C@H]2CC(c3nc4cc(Cl)c(Cl)cc4[nH]3)=Nc3ccccc3S2)c1. The van der Waals surface area contributed by atoms with E-state index in [2.05, 4.69) is 9.97 Å². The van der Waals surface area contributed by atoms with E-state index in [9.17, 15) is 10.1 Å². The summed E-state index contributed by atoms with van der Waals surface area (Å²) >= 11 is 13.9. The summed E-state index contributed by atoms with van der Waals surface area (Å²) in [5.74, 6) is 0.626. The van der Waals surface area contributed by atoms with Crippen LogP contribution in [-0.2, 0) is 0 Å². The third-order valence-electron chi connectivity index (χ3n) is 5.02.